The first-order chi connectivity index (χ1) is 20.3. The Bertz CT molecular complexity index is 1330. The molecule has 0 unspecified atom stereocenters. The molecule has 0 bridgehead atoms. The number of fused-ring (bicyclic) bond motifs is 1. The minimum Gasteiger partial charge on any atom is -0.507 e. The van der Waals surface area contributed by atoms with Gasteiger partial charge in [0.2, 0.25) is 0 Å². The Kier molecular flexibility index (Phi) is 8.64. The van der Waals surface area contributed by atoms with Crippen LogP contribution < -0.4 is 4.74 Å². The summed E-state index contributed by atoms with van der Waals surface area (Å²) < 4.78 is 17.2. The van der Waals surface area contributed by atoms with Crippen LogP contribution >= 0.6 is 0 Å². The SMILES string of the molecule is OC[C@H]1O[C@@H](c2c(O)c3c(c([C@@H]4O[C@H](CO)[C@@H](O)[C@H](O)[C@H]4O)c2O)O[C@@H](c2ccc(O)c(O)c2)[C@H](O)C3)[C@H](O)[C@@H](O)[C@@H]1O. The molecule has 0 amide bonds. The molecule has 2 aromatic carbocycles. The van der Waals surface area contributed by atoms with Gasteiger partial charge in [0.25, 0.3) is 0 Å². The van der Waals surface area contributed by atoms with Crippen LogP contribution in [0.1, 0.15) is 40.6 Å². The minimum absolute atomic E-state index is 0.144. The van der Waals surface area contributed by atoms with Crippen LogP contribution in [0.3, 0.4) is 0 Å². The van der Waals surface area contributed by atoms with Crippen molar-refractivity contribution in [2.24, 2.45) is 0 Å². The van der Waals surface area contributed by atoms with Crippen LogP contribution in [-0.2, 0) is 15.9 Å². The first-order valence-corrected chi connectivity index (χ1v) is 13.4. The largest absolute Gasteiger partial charge is 0.507 e. The third-order valence-electron chi connectivity index (χ3n) is 8.26. The molecule has 2 saturated heterocycles. The Morgan fingerprint density at radius 1 is 0.605 bits per heavy atom. The highest BCUT2D eigenvalue weighted by molar-refractivity contribution is 5.65. The number of benzene rings is 2. The van der Waals surface area contributed by atoms with E-state index in [1.807, 2.05) is 0 Å². The second-order valence-corrected chi connectivity index (χ2v) is 10.9. The van der Waals surface area contributed by atoms with Gasteiger partial charge in [-0.15, -0.1) is 0 Å². The molecule has 0 saturated carbocycles. The minimum atomic E-state index is -1.99. The summed E-state index contributed by atoms with van der Waals surface area (Å²) in [6.45, 7) is -1.67. The molecule has 43 heavy (non-hydrogen) atoms. The van der Waals surface area contributed by atoms with Gasteiger partial charge in [-0.25, -0.2) is 0 Å². The second kappa shape index (κ2) is 11.8. The molecule has 16 heteroatoms. The predicted octanol–water partition coefficient (Wildman–Crippen LogP) is -3.42. The Morgan fingerprint density at radius 2 is 1.14 bits per heavy atom. The molecule has 5 rings (SSSR count). The molecule has 0 spiro atoms. The molecular formula is C27H34O16. The zero-order chi connectivity index (χ0) is 31.5. The van der Waals surface area contributed by atoms with Gasteiger partial charge >= 0.3 is 0 Å². The van der Waals surface area contributed by atoms with E-state index in [0.29, 0.717) is 0 Å². The molecule has 12 atom stereocenters. The average molecular weight is 615 g/mol. The third kappa shape index (κ3) is 5.13. The fourth-order valence-electron chi connectivity index (χ4n) is 5.86. The van der Waals surface area contributed by atoms with Gasteiger partial charge in [-0.3, -0.25) is 0 Å². The van der Waals surface area contributed by atoms with Crippen molar-refractivity contribution in [3.05, 3.63) is 40.5 Å². The van der Waals surface area contributed by atoms with Crippen LogP contribution in [0.5, 0.6) is 28.7 Å². The highest BCUT2D eigenvalue weighted by atomic mass is 16.6. The number of phenols is 4. The van der Waals surface area contributed by atoms with Gasteiger partial charge in [0.05, 0.1) is 30.4 Å². The first kappa shape index (κ1) is 31.4. The second-order valence-electron chi connectivity index (χ2n) is 10.9. The zero-order valence-electron chi connectivity index (χ0n) is 22.3. The van der Waals surface area contributed by atoms with Crippen LogP contribution in [0.25, 0.3) is 0 Å². The number of phenolic OH excluding ortho intramolecular Hbond substituents is 4. The van der Waals surface area contributed by atoms with Crippen molar-refractivity contribution in [1.82, 2.24) is 0 Å². The van der Waals surface area contributed by atoms with Crippen molar-refractivity contribution >= 4 is 0 Å². The third-order valence-corrected chi connectivity index (χ3v) is 8.26. The normalized spacial score (nSPS) is 37.9. The zero-order valence-corrected chi connectivity index (χ0v) is 22.3. The monoisotopic (exact) mass is 614 g/mol. The summed E-state index contributed by atoms with van der Waals surface area (Å²) in [5, 5.41) is 136. The Balaban J connectivity index is 1.71. The summed E-state index contributed by atoms with van der Waals surface area (Å²) in [6.07, 6.45) is -21.1. The fraction of sp³-hybridized carbons (Fsp3) is 0.556. The van der Waals surface area contributed by atoms with E-state index in [-0.39, 0.29) is 16.9 Å². The maximum Gasteiger partial charge on any atom is 0.157 e. The number of hydrogen-bond donors (Lipinski definition) is 13. The summed E-state index contributed by atoms with van der Waals surface area (Å²) >= 11 is 0. The molecule has 3 aliphatic rings. The quantitative estimate of drug-likeness (QED) is 0.146. The lowest BCUT2D eigenvalue weighted by atomic mass is 9.82. The molecule has 13 N–H and O–H groups in total. The van der Waals surface area contributed by atoms with Crippen molar-refractivity contribution < 1.29 is 80.6 Å². The Labute approximate surface area is 243 Å². The van der Waals surface area contributed by atoms with Crippen molar-refractivity contribution in [3.63, 3.8) is 0 Å². The van der Waals surface area contributed by atoms with Crippen LogP contribution in [0, 0.1) is 0 Å². The van der Waals surface area contributed by atoms with Crippen molar-refractivity contribution in [2.75, 3.05) is 13.2 Å². The first-order valence-electron chi connectivity index (χ1n) is 13.4. The van der Waals surface area contributed by atoms with E-state index in [2.05, 4.69) is 0 Å². The van der Waals surface area contributed by atoms with E-state index >= 15 is 0 Å². The van der Waals surface area contributed by atoms with Crippen molar-refractivity contribution in [1.29, 1.82) is 0 Å². The fourth-order valence-corrected chi connectivity index (χ4v) is 5.86. The summed E-state index contributed by atoms with van der Waals surface area (Å²) in [5.41, 5.74) is -1.16. The van der Waals surface area contributed by atoms with Crippen LogP contribution in [0.4, 0.5) is 0 Å². The molecule has 3 heterocycles. The number of hydrogen-bond acceptors (Lipinski definition) is 16. The van der Waals surface area contributed by atoms with Crippen LogP contribution in [0.2, 0.25) is 0 Å². The molecule has 0 radical (unpaired) electrons. The van der Waals surface area contributed by atoms with Gasteiger partial charge in [-0.1, -0.05) is 6.07 Å². The molecule has 3 aliphatic heterocycles. The lowest BCUT2D eigenvalue weighted by Crippen LogP contribution is -2.55. The molecule has 0 aromatic heterocycles. The van der Waals surface area contributed by atoms with E-state index in [1.54, 1.807) is 0 Å². The summed E-state index contributed by atoms with van der Waals surface area (Å²) in [4.78, 5) is 0. The van der Waals surface area contributed by atoms with Gasteiger partial charge in [-0.2, -0.15) is 0 Å². The summed E-state index contributed by atoms with van der Waals surface area (Å²) in [6, 6.07) is 3.55. The van der Waals surface area contributed by atoms with Crippen LogP contribution in [0.15, 0.2) is 18.2 Å². The van der Waals surface area contributed by atoms with E-state index in [9.17, 15) is 66.4 Å². The van der Waals surface area contributed by atoms with Gasteiger partial charge in [0, 0.05) is 12.0 Å². The lowest BCUT2D eigenvalue weighted by Gasteiger charge is -2.44. The molecule has 2 aromatic rings. The highest BCUT2D eigenvalue weighted by Crippen LogP contribution is 2.55. The van der Waals surface area contributed by atoms with E-state index in [4.69, 9.17) is 14.2 Å². The number of rotatable bonds is 5. The standard InChI is InChI=1S/C27H34O16/c28-5-12-17(34)20(37)22(39)26(41-12)14-16(33)8-4-11(32)24(7-1-2-9(30)10(31)3-7)43-25(8)15(19(14)36)27-23(40)21(38)18(35)13(6-29)42-27/h1-3,11-13,17-18,20-24,26-40H,4-6H2/t11-,12-,13-,17-,18-,20+,21+,22-,23-,24+,26+,27+/m1/s1. The maximum absolute atomic E-state index is 11.6. The number of aliphatic hydroxyl groups excluding tert-OH is 9. The van der Waals surface area contributed by atoms with Gasteiger partial charge in [0.15, 0.2) is 11.5 Å². The summed E-state index contributed by atoms with van der Waals surface area (Å²) in [5.74, 6) is -3.13. The van der Waals surface area contributed by atoms with Crippen LogP contribution in [-0.4, -0.2) is 135 Å². The molecule has 2 fully saturated rings. The lowest BCUT2D eigenvalue weighted by molar-refractivity contribution is -0.234. The Morgan fingerprint density at radius 3 is 1.65 bits per heavy atom. The molecule has 16 nitrogen and oxygen atoms in total. The summed E-state index contributed by atoms with van der Waals surface area (Å²) in [7, 11) is 0. The van der Waals surface area contributed by atoms with E-state index < -0.39 is 127 Å². The van der Waals surface area contributed by atoms with Gasteiger partial charge in [-0.05, 0) is 17.7 Å². The highest BCUT2D eigenvalue weighted by Gasteiger charge is 2.51. The smallest absolute Gasteiger partial charge is 0.157 e. The van der Waals surface area contributed by atoms with Crippen molar-refractivity contribution in [2.45, 2.75) is 79.7 Å². The number of aromatic hydroxyl groups is 4. The number of aliphatic hydroxyl groups is 9. The number of ether oxygens (including phenoxy) is 3. The van der Waals surface area contributed by atoms with Gasteiger partial charge < -0.3 is 80.6 Å². The molecule has 0 aliphatic carbocycles. The van der Waals surface area contributed by atoms with Gasteiger partial charge in [0.1, 0.15) is 84.4 Å². The molecule has 238 valence electrons. The predicted molar refractivity (Wildman–Crippen MR) is 138 cm³/mol. The average Bonchev–Trinajstić information content (AvgIpc) is 2.98. The Hall–Kier alpha value is -3.00. The topological polar surface area (TPSA) is 291 Å². The van der Waals surface area contributed by atoms with Crippen molar-refractivity contribution in [3.8, 4) is 28.7 Å². The molecular weight excluding hydrogens is 580 g/mol. The van der Waals surface area contributed by atoms with E-state index in [0.717, 1.165) is 12.1 Å². The van der Waals surface area contributed by atoms with E-state index in [1.165, 1.54) is 6.07 Å². The maximum atomic E-state index is 11.6.